The van der Waals surface area contributed by atoms with E-state index in [9.17, 15) is 29.7 Å². The maximum absolute atomic E-state index is 13.5. The number of aliphatic hydroxyl groups is 3. The van der Waals surface area contributed by atoms with E-state index >= 15 is 0 Å². The van der Waals surface area contributed by atoms with Crippen LogP contribution in [-0.4, -0.2) is 63.4 Å². The zero-order valence-electron chi connectivity index (χ0n) is 19.8. The monoisotopic (exact) mass is 461 g/mol. The molecule has 0 unspecified atom stereocenters. The van der Waals surface area contributed by atoms with E-state index in [4.69, 9.17) is 4.74 Å². The van der Waals surface area contributed by atoms with Crippen LogP contribution >= 0.6 is 0 Å². The molecule has 3 aliphatic rings. The van der Waals surface area contributed by atoms with Crippen LogP contribution in [0.15, 0.2) is 47.6 Å². The average molecular weight is 462 g/mol. The smallest absolute Gasteiger partial charge is 0.322 e. The summed E-state index contributed by atoms with van der Waals surface area (Å²) in [5.41, 5.74) is -0.292. The third kappa shape index (κ3) is 6.50. The Labute approximate surface area is 194 Å². The number of amides is 1. The number of esters is 1. The molecule has 8 nitrogen and oxygen atoms in total. The molecule has 0 spiro atoms. The van der Waals surface area contributed by atoms with Gasteiger partial charge in [0.2, 0.25) is 5.91 Å². The van der Waals surface area contributed by atoms with E-state index in [1.54, 1.807) is 44.2 Å². The Bertz CT molecular complexity index is 885. The van der Waals surface area contributed by atoms with Gasteiger partial charge in [-0.2, -0.15) is 0 Å². The van der Waals surface area contributed by atoms with E-state index in [0.717, 1.165) is 5.57 Å². The number of fused-ring (bicyclic) bond motifs is 10. The number of carbonyl (C=O) groups excluding carboxylic acids is 3. The van der Waals surface area contributed by atoms with Crippen LogP contribution in [0.3, 0.4) is 0 Å². The van der Waals surface area contributed by atoms with Crippen molar-refractivity contribution >= 4 is 17.7 Å². The summed E-state index contributed by atoms with van der Waals surface area (Å²) in [7, 11) is 0. The highest BCUT2D eigenvalue weighted by Gasteiger charge is 2.56. The molecule has 8 heteroatoms. The number of ether oxygens (including phenoxy) is 1. The predicted molar refractivity (Wildman–Crippen MR) is 123 cm³/mol. The lowest BCUT2D eigenvalue weighted by molar-refractivity contribution is -0.181. The van der Waals surface area contributed by atoms with E-state index in [1.807, 2.05) is 13.0 Å². The summed E-state index contributed by atoms with van der Waals surface area (Å²) in [6.45, 7) is 7.89. The van der Waals surface area contributed by atoms with Crippen LogP contribution in [0.4, 0.5) is 0 Å². The van der Waals surface area contributed by atoms with Gasteiger partial charge in [0.05, 0.1) is 24.2 Å². The maximum Gasteiger partial charge on any atom is 0.322 e. The lowest BCUT2D eigenvalue weighted by Crippen LogP contribution is -2.61. The van der Waals surface area contributed by atoms with Crippen molar-refractivity contribution in [3.8, 4) is 0 Å². The van der Waals surface area contributed by atoms with Gasteiger partial charge in [0.25, 0.3) is 0 Å². The fourth-order valence-electron chi connectivity index (χ4n) is 3.88. The van der Waals surface area contributed by atoms with Crippen LogP contribution in [0, 0.1) is 11.3 Å². The lowest BCUT2D eigenvalue weighted by Gasteiger charge is -2.42. The molecule has 1 aliphatic carbocycles. The van der Waals surface area contributed by atoms with Crippen LogP contribution in [0.25, 0.3) is 0 Å². The van der Waals surface area contributed by atoms with E-state index in [0.29, 0.717) is 12.0 Å². The number of ketones is 1. The SMILES string of the molecule is CC1=CC[C@H](O)/C=C/C(C)=C/[C@@H](NC(=O)[C@H](C)O)[C@]2(C)C(=O)O[C@H](C[C@H](O)C=C1)[C@@H](C)C2=O. The van der Waals surface area contributed by atoms with Crippen molar-refractivity contribution in [2.75, 3.05) is 0 Å². The first-order valence-electron chi connectivity index (χ1n) is 11.2. The number of aliphatic hydroxyl groups excluding tert-OH is 3. The molecular formula is C25H35NO7. The van der Waals surface area contributed by atoms with Gasteiger partial charge in [0, 0.05) is 6.42 Å². The largest absolute Gasteiger partial charge is 0.461 e. The lowest BCUT2D eigenvalue weighted by atomic mass is 9.69. The molecule has 33 heavy (non-hydrogen) atoms. The van der Waals surface area contributed by atoms with Crippen LogP contribution < -0.4 is 5.32 Å². The maximum atomic E-state index is 13.5. The van der Waals surface area contributed by atoms with Crippen molar-refractivity contribution in [3.05, 3.63) is 47.6 Å². The highest BCUT2D eigenvalue weighted by molar-refractivity contribution is 6.08. The van der Waals surface area contributed by atoms with Crippen molar-refractivity contribution in [3.63, 3.8) is 0 Å². The van der Waals surface area contributed by atoms with Gasteiger partial charge in [0.1, 0.15) is 17.6 Å². The summed E-state index contributed by atoms with van der Waals surface area (Å²) in [5.74, 6) is -2.70. The zero-order valence-corrected chi connectivity index (χ0v) is 19.8. The minimum atomic E-state index is -1.74. The summed E-state index contributed by atoms with van der Waals surface area (Å²) >= 11 is 0. The topological polar surface area (TPSA) is 133 Å². The molecule has 2 aliphatic heterocycles. The predicted octanol–water partition coefficient (Wildman–Crippen LogP) is 1.51. The van der Waals surface area contributed by atoms with Crippen molar-refractivity contribution in [2.45, 2.75) is 77.9 Å². The molecule has 1 saturated heterocycles. The van der Waals surface area contributed by atoms with Gasteiger partial charge >= 0.3 is 5.97 Å². The molecule has 0 aromatic rings. The van der Waals surface area contributed by atoms with Crippen LogP contribution in [0.5, 0.6) is 0 Å². The third-order valence-corrected chi connectivity index (χ3v) is 6.21. The third-order valence-electron chi connectivity index (χ3n) is 6.21. The minimum Gasteiger partial charge on any atom is -0.461 e. The molecule has 1 amide bonds. The summed E-state index contributed by atoms with van der Waals surface area (Å²) in [4.78, 5) is 38.9. The first-order chi connectivity index (χ1) is 15.4. The average Bonchev–Trinajstić information content (AvgIpc) is 2.75. The molecule has 182 valence electrons. The van der Waals surface area contributed by atoms with Gasteiger partial charge < -0.3 is 25.4 Å². The number of nitrogens with one attached hydrogen (secondary N) is 1. The van der Waals surface area contributed by atoms with Gasteiger partial charge in [0.15, 0.2) is 5.78 Å². The van der Waals surface area contributed by atoms with E-state index in [-0.39, 0.29) is 6.42 Å². The Balaban J connectivity index is 2.56. The summed E-state index contributed by atoms with van der Waals surface area (Å²) < 4.78 is 5.61. The molecule has 3 rings (SSSR count). The summed E-state index contributed by atoms with van der Waals surface area (Å²) in [5, 5.41) is 32.9. The second kappa shape index (κ2) is 11.0. The van der Waals surface area contributed by atoms with Crippen LogP contribution in [0.2, 0.25) is 0 Å². The first-order valence-corrected chi connectivity index (χ1v) is 11.2. The molecule has 7 atom stereocenters. The Morgan fingerprint density at radius 2 is 1.76 bits per heavy atom. The van der Waals surface area contributed by atoms with Gasteiger partial charge in [-0.05, 0) is 34.1 Å². The van der Waals surface area contributed by atoms with Gasteiger partial charge in [-0.3, -0.25) is 14.4 Å². The van der Waals surface area contributed by atoms with Gasteiger partial charge in [-0.1, -0.05) is 54.5 Å². The van der Waals surface area contributed by atoms with Gasteiger partial charge in [-0.15, -0.1) is 0 Å². The van der Waals surface area contributed by atoms with Crippen molar-refractivity contribution in [1.82, 2.24) is 5.32 Å². The quantitative estimate of drug-likeness (QED) is 0.362. The molecule has 0 aromatic carbocycles. The zero-order chi connectivity index (χ0) is 24.9. The second-order valence-electron chi connectivity index (χ2n) is 9.14. The fourth-order valence-corrected chi connectivity index (χ4v) is 3.88. The van der Waals surface area contributed by atoms with E-state index in [1.165, 1.54) is 13.8 Å². The standard InChI is InChI=1S/C25H35NO7/c1-14-6-9-18(28)10-8-15(2)12-21(26-23(31)17(4)27)25(5)22(30)16(3)20(33-24(25)32)13-19(29)11-7-14/h6-8,10-12,16-21,27-29H,9,13H2,1-5H3,(H,26,31)/b10-8+,11-7?,14-6?,15-12+/t16-,17+,18+,19-,20-,21-,25+/m1/s1. The Kier molecular flexibility index (Phi) is 8.94. The Hall–Kier alpha value is -2.55. The number of Topliss-reactive ketones (excluding diaryl/α,β-unsaturated/α-hetero) is 1. The van der Waals surface area contributed by atoms with Crippen molar-refractivity contribution < 1.29 is 34.4 Å². The van der Waals surface area contributed by atoms with E-state index < -0.39 is 59.5 Å². The fraction of sp³-hybridized carbons (Fsp3) is 0.560. The van der Waals surface area contributed by atoms with Crippen molar-refractivity contribution in [1.29, 1.82) is 0 Å². The normalized spacial score (nSPS) is 37.3. The number of allylic oxidation sites excluding steroid dienone is 4. The molecular weight excluding hydrogens is 426 g/mol. The van der Waals surface area contributed by atoms with Crippen molar-refractivity contribution in [2.24, 2.45) is 11.3 Å². The van der Waals surface area contributed by atoms with E-state index in [2.05, 4.69) is 5.32 Å². The molecule has 0 radical (unpaired) electrons. The summed E-state index contributed by atoms with van der Waals surface area (Å²) in [6.07, 6.45) is 6.38. The molecule has 2 bridgehead atoms. The second-order valence-corrected chi connectivity index (χ2v) is 9.14. The van der Waals surface area contributed by atoms with Crippen LogP contribution in [-0.2, 0) is 19.1 Å². The number of hydrogen-bond acceptors (Lipinski definition) is 7. The highest BCUT2D eigenvalue weighted by atomic mass is 16.5. The number of carbonyl (C=O) groups is 3. The summed E-state index contributed by atoms with van der Waals surface area (Å²) in [6, 6.07) is -1.09. The molecule has 1 fully saturated rings. The van der Waals surface area contributed by atoms with Gasteiger partial charge in [-0.25, -0.2) is 0 Å². The first kappa shape index (κ1) is 26.7. The molecule has 0 aromatic heterocycles. The Morgan fingerprint density at radius 1 is 1.15 bits per heavy atom. The Morgan fingerprint density at radius 3 is 2.39 bits per heavy atom. The molecule has 2 heterocycles. The van der Waals surface area contributed by atoms with Crippen LogP contribution in [0.1, 0.15) is 47.5 Å². The highest BCUT2D eigenvalue weighted by Crippen LogP contribution is 2.38. The molecule has 4 N–H and O–H groups in total. The minimum absolute atomic E-state index is 0.0439. The number of rotatable bonds is 2. The number of hydrogen-bond donors (Lipinski definition) is 4. The molecule has 0 saturated carbocycles.